The summed E-state index contributed by atoms with van der Waals surface area (Å²) in [5, 5.41) is 3.10. The Bertz CT molecular complexity index is 743. The van der Waals surface area contributed by atoms with E-state index in [0.29, 0.717) is 0 Å². The van der Waals surface area contributed by atoms with Crippen molar-refractivity contribution in [3.05, 3.63) is 66.0 Å². The van der Waals surface area contributed by atoms with Gasteiger partial charge in [0.05, 0.1) is 5.54 Å². The fourth-order valence-electron chi connectivity index (χ4n) is 3.26. The maximum atomic E-state index is 11.7. The van der Waals surface area contributed by atoms with Crippen LogP contribution in [-0.4, -0.2) is 10.9 Å². The van der Waals surface area contributed by atoms with Gasteiger partial charge in [-0.2, -0.15) is 0 Å². The molecule has 1 fully saturated rings. The van der Waals surface area contributed by atoms with E-state index in [9.17, 15) is 4.79 Å². The standard InChI is InChI=1S/C20H22N2O/c1-4-19(23)22-20(12-5-13-20)17-9-7-16(8-10-17)18-11-6-14(2)21-15(18)3/h4,6-11H,1,5,12-13H2,2-3H3,(H,22,23). The molecule has 1 heterocycles. The van der Waals surface area contributed by atoms with E-state index < -0.39 is 0 Å². The van der Waals surface area contributed by atoms with Gasteiger partial charge in [0.15, 0.2) is 0 Å². The molecule has 118 valence electrons. The summed E-state index contributed by atoms with van der Waals surface area (Å²) in [6.45, 7) is 7.59. The van der Waals surface area contributed by atoms with E-state index in [2.05, 4.69) is 47.2 Å². The molecule has 1 aromatic heterocycles. The van der Waals surface area contributed by atoms with Gasteiger partial charge >= 0.3 is 0 Å². The van der Waals surface area contributed by atoms with Crippen molar-refractivity contribution >= 4 is 5.91 Å². The van der Waals surface area contributed by atoms with E-state index in [4.69, 9.17) is 0 Å². The molecular weight excluding hydrogens is 284 g/mol. The zero-order valence-corrected chi connectivity index (χ0v) is 13.7. The second-order valence-corrected chi connectivity index (χ2v) is 6.29. The molecule has 1 aliphatic rings. The van der Waals surface area contributed by atoms with E-state index in [-0.39, 0.29) is 11.4 Å². The topological polar surface area (TPSA) is 42.0 Å². The average molecular weight is 306 g/mol. The third-order valence-electron chi connectivity index (χ3n) is 4.73. The van der Waals surface area contributed by atoms with Crippen LogP contribution in [0.5, 0.6) is 0 Å². The van der Waals surface area contributed by atoms with Gasteiger partial charge in [0.2, 0.25) is 5.91 Å². The Morgan fingerprint density at radius 3 is 2.39 bits per heavy atom. The van der Waals surface area contributed by atoms with Gasteiger partial charge < -0.3 is 5.32 Å². The van der Waals surface area contributed by atoms with Crippen molar-refractivity contribution < 1.29 is 4.79 Å². The minimum Gasteiger partial charge on any atom is -0.343 e. The first-order valence-corrected chi connectivity index (χ1v) is 8.04. The molecular formula is C20H22N2O. The number of amides is 1. The van der Waals surface area contributed by atoms with Crippen LogP contribution in [0.2, 0.25) is 0 Å². The van der Waals surface area contributed by atoms with Crippen LogP contribution in [0.4, 0.5) is 0 Å². The van der Waals surface area contributed by atoms with Gasteiger partial charge in [-0.15, -0.1) is 0 Å². The van der Waals surface area contributed by atoms with Crippen LogP contribution in [0.25, 0.3) is 11.1 Å². The van der Waals surface area contributed by atoms with E-state index in [1.807, 2.05) is 19.9 Å². The highest BCUT2D eigenvalue weighted by molar-refractivity contribution is 5.87. The lowest BCUT2D eigenvalue weighted by atomic mass is 9.71. The molecule has 0 spiro atoms. The Hall–Kier alpha value is -2.42. The summed E-state index contributed by atoms with van der Waals surface area (Å²) < 4.78 is 0. The van der Waals surface area contributed by atoms with Crippen LogP contribution in [0.1, 0.15) is 36.2 Å². The van der Waals surface area contributed by atoms with Crippen molar-refractivity contribution in [2.45, 2.75) is 38.6 Å². The number of nitrogens with one attached hydrogen (secondary N) is 1. The van der Waals surface area contributed by atoms with Gasteiger partial charge in [0.25, 0.3) is 0 Å². The van der Waals surface area contributed by atoms with Crippen LogP contribution in [0.3, 0.4) is 0 Å². The van der Waals surface area contributed by atoms with Crippen molar-refractivity contribution in [1.29, 1.82) is 0 Å². The van der Waals surface area contributed by atoms with Crippen LogP contribution >= 0.6 is 0 Å². The number of rotatable bonds is 4. The van der Waals surface area contributed by atoms with Crippen molar-refractivity contribution in [2.75, 3.05) is 0 Å². The first-order valence-electron chi connectivity index (χ1n) is 8.04. The van der Waals surface area contributed by atoms with Crippen molar-refractivity contribution in [3.63, 3.8) is 0 Å². The molecule has 2 aromatic rings. The Labute approximate surface area is 137 Å². The van der Waals surface area contributed by atoms with E-state index in [1.165, 1.54) is 11.6 Å². The van der Waals surface area contributed by atoms with Crippen LogP contribution in [-0.2, 0) is 10.3 Å². The predicted molar refractivity (Wildman–Crippen MR) is 93.0 cm³/mol. The molecule has 0 aliphatic heterocycles. The second-order valence-electron chi connectivity index (χ2n) is 6.29. The fourth-order valence-corrected chi connectivity index (χ4v) is 3.26. The Morgan fingerprint density at radius 1 is 1.17 bits per heavy atom. The largest absolute Gasteiger partial charge is 0.343 e. The lowest BCUT2D eigenvalue weighted by Gasteiger charge is -2.43. The maximum Gasteiger partial charge on any atom is 0.244 e. The third kappa shape index (κ3) is 2.91. The number of hydrogen-bond acceptors (Lipinski definition) is 2. The lowest BCUT2D eigenvalue weighted by molar-refractivity contribution is -0.119. The highest BCUT2D eigenvalue weighted by Gasteiger charge is 2.39. The zero-order chi connectivity index (χ0) is 16.4. The van der Waals surface area contributed by atoms with E-state index >= 15 is 0 Å². The van der Waals surface area contributed by atoms with Gasteiger partial charge in [-0.05, 0) is 56.4 Å². The molecule has 1 saturated carbocycles. The summed E-state index contributed by atoms with van der Waals surface area (Å²) in [5.41, 5.74) is 5.33. The predicted octanol–water partition coefficient (Wildman–Crippen LogP) is 4.05. The number of carbonyl (C=O) groups excluding carboxylic acids is 1. The van der Waals surface area contributed by atoms with Crippen molar-refractivity contribution in [3.8, 4) is 11.1 Å². The average Bonchev–Trinajstić information content (AvgIpc) is 2.51. The monoisotopic (exact) mass is 306 g/mol. The summed E-state index contributed by atoms with van der Waals surface area (Å²) in [5.74, 6) is -0.104. The lowest BCUT2D eigenvalue weighted by Crippen LogP contribution is -2.50. The Balaban J connectivity index is 1.89. The van der Waals surface area contributed by atoms with Gasteiger partial charge in [-0.25, -0.2) is 0 Å². The molecule has 3 nitrogen and oxygen atoms in total. The summed E-state index contributed by atoms with van der Waals surface area (Å²) >= 11 is 0. The number of benzene rings is 1. The fraction of sp³-hybridized carbons (Fsp3) is 0.300. The molecule has 1 aliphatic carbocycles. The molecule has 1 amide bonds. The molecule has 3 heteroatoms. The van der Waals surface area contributed by atoms with Gasteiger partial charge in [0, 0.05) is 17.0 Å². The summed E-state index contributed by atoms with van der Waals surface area (Å²) in [7, 11) is 0. The third-order valence-corrected chi connectivity index (χ3v) is 4.73. The highest BCUT2D eigenvalue weighted by atomic mass is 16.1. The molecule has 0 unspecified atom stereocenters. The maximum absolute atomic E-state index is 11.7. The molecule has 1 aromatic carbocycles. The van der Waals surface area contributed by atoms with Crippen LogP contribution in [0, 0.1) is 13.8 Å². The highest BCUT2D eigenvalue weighted by Crippen LogP contribution is 2.41. The molecule has 0 radical (unpaired) electrons. The molecule has 23 heavy (non-hydrogen) atoms. The molecule has 0 atom stereocenters. The Kier molecular flexibility index (Phi) is 4.03. The van der Waals surface area contributed by atoms with Gasteiger partial charge in [0.1, 0.15) is 0 Å². The number of aryl methyl sites for hydroxylation is 2. The van der Waals surface area contributed by atoms with Crippen molar-refractivity contribution in [2.24, 2.45) is 0 Å². The van der Waals surface area contributed by atoms with Gasteiger partial charge in [-0.1, -0.05) is 36.9 Å². The first-order chi connectivity index (χ1) is 11.0. The minimum atomic E-state index is -0.218. The van der Waals surface area contributed by atoms with Crippen LogP contribution < -0.4 is 5.32 Å². The van der Waals surface area contributed by atoms with E-state index in [0.717, 1.165) is 41.8 Å². The summed E-state index contributed by atoms with van der Waals surface area (Å²) in [6.07, 6.45) is 4.45. The molecule has 3 rings (SSSR count). The van der Waals surface area contributed by atoms with E-state index in [1.54, 1.807) is 0 Å². The summed E-state index contributed by atoms with van der Waals surface area (Å²) in [4.78, 5) is 16.3. The quantitative estimate of drug-likeness (QED) is 0.866. The molecule has 1 N–H and O–H groups in total. The second kappa shape index (κ2) is 5.99. The Morgan fingerprint density at radius 2 is 1.87 bits per heavy atom. The first kappa shape index (κ1) is 15.5. The molecule has 0 saturated heterocycles. The zero-order valence-electron chi connectivity index (χ0n) is 13.7. The van der Waals surface area contributed by atoms with Crippen LogP contribution in [0.15, 0.2) is 49.1 Å². The number of hydrogen-bond donors (Lipinski definition) is 1. The van der Waals surface area contributed by atoms with Gasteiger partial charge in [-0.3, -0.25) is 9.78 Å². The normalized spacial score (nSPS) is 15.6. The van der Waals surface area contributed by atoms with Crippen molar-refractivity contribution in [1.82, 2.24) is 10.3 Å². The smallest absolute Gasteiger partial charge is 0.244 e. The minimum absolute atomic E-state index is 0.104. The number of aromatic nitrogens is 1. The number of carbonyl (C=O) groups is 1. The summed E-state index contributed by atoms with van der Waals surface area (Å²) in [6, 6.07) is 12.6. The SMILES string of the molecule is C=CC(=O)NC1(c2ccc(-c3ccc(C)nc3C)cc2)CCC1. The number of pyridine rings is 1. The molecule has 0 bridgehead atoms. The number of nitrogens with zero attached hydrogens (tertiary/aromatic N) is 1.